The van der Waals surface area contributed by atoms with Crippen LogP contribution < -0.4 is 15.8 Å². The summed E-state index contributed by atoms with van der Waals surface area (Å²) in [4.78, 5) is 4.33. The molecular weight excluding hydrogens is 350 g/mol. The van der Waals surface area contributed by atoms with E-state index in [1.54, 1.807) is 0 Å². The van der Waals surface area contributed by atoms with Gasteiger partial charge >= 0.3 is 0 Å². The maximum Gasteiger partial charge on any atom is 0.241 e. The summed E-state index contributed by atoms with van der Waals surface area (Å²) in [6.07, 6.45) is 0.810. The topological polar surface area (TPSA) is 78.0 Å². The molecule has 3 N–H and O–H groups in total. The Morgan fingerprint density at radius 1 is 1.23 bits per heavy atom. The Kier molecular flexibility index (Phi) is 4.42. The second-order valence-corrected chi connectivity index (χ2v) is 6.68. The van der Waals surface area contributed by atoms with E-state index in [9.17, 15) is 0 Å². The first-order valence-electron chi connectivity index (χ1n) is 8.61. The van der Waals surface area contributed by atoms with Crippen molar-refractivity contribution >= 4 is 23.5 Å². The highest BCUT2D eigenvalue weighted by atomic mass is 35.5. The van der Waals surface area contributed by atoms with Crippen molar-refractivity contribution in [3.63, 3.8) is 0 Å². The predicted octanol–water partition coefficient (Wildman–Crippen LogP) is 4.06. The Hall–Kier alpha value is -2.73. The summed E-state index contributed by atoms with van der Waals surface area (Å²) in [5.41, 5.74) is 8.09. The van der Waals surface area contributed by atoms with Crippen LogP contribution in [-0.4, -0.2) is 21.4 Å². The molecule has 7 heteroatoms. The normalized spacial score (nSPS) is 18.8. The molecule has 1 aliphatic rings. The van der Waals surface area contributed by atoms with Crippen LogP contribution in [0.3, 0.4) is 0 Å². The molecule has 0 aliphatic carbocycles. The fourth-order valence-corrected chi connectivity index (χ4v) is 3.57. The average Bonchev–Trinajstić information content (AvgIpc) is 3.02. The summed E-state index contributed by atoms with van der Waals surface area (Å²) in [7, 11) is 0. The van der Waals surface area contributed by atoms with Crippen LogP contribution in [0.4, 0.5) is 11.9 Å². The predicted molar refractivity (Wildman–Crippen MR) is 103 cm³/mol. The standard InChI is InChI=1S/C19H20ClN5O/c1-2-26-15-8-6-12(7-9-15)16-11-17(13-4-3-5-14(20)10-13)25-19(22-16)23-18(21)24-25/h3-10,16-17H,2,11H2,1H3,(H3,21,22,23,24)/t16-,17-/m1/s1. The van der Waals surface area contributed by atoms with Gasteiger partial charge in [-0.2, -0.15) is 4.98 Å². The van der Waals surface area contributed by atoms with Gasteiger partial charge < -0.3 is 15.8 Å². The highest BCUT2D eigenvalue weighted by Crippen LogP contribution is 2.38. The van der Waals surface area contributed by atoms with Crippen molar-refractivity contribution in [3.05, 3.63) is 64.7 Å². The average molecular weight is 370 g/mol. The molecule has 0 amide bonds. The van der Waals surface area contributed by atoms with Crippen LogP contribution in [0.1, 0.15) is 36.6 Å². The number of benzene rings is 2. The molecule has 134 valence electrons. The monoisotopic (exact) mass is 369 g/mol. The van der Waals surface area contributed by atoms with Crippen molar-refractivity contribution in [3.8, 4) is 5.75 Å². The molecule has 0 fully saturated rings. The van der Waals surface area contributed by atoms with E-state index in [0.717, 1.165) is 23.3 Å². The van der Waals surface area contributed by atoms with Gasteiger partial charge in [0.2, 0.25) is 11.9 Å². The lowest BCUT2D eigenvalue weighted by Crippen LogP contribution is -2.28. The molecular formula is C19H20ClN5O. The Labute approximate surface area is 156 Å². The molecule has 0 unspecified atom stereocenters. The largest absolute Gasteiger partial charge is 0.494 e. The van der Waals surface area contributed by atoms with Crippen molar-refractivity contribution in [2.75, 3.05) is 17.7 Å². The summed E-state index contributed by atoms with van der Waals surface area (Å²) < 4.78 is 7.37. The number of fused-ring (bicyclic) bond motifs is 1. The molecule has 3 aromatic rings. The molecule has 0 spiro atoms. The van der Waals surface area contributed by atoms with Gasteiger partial charge in [-0.15, -0.1) is 5.10 Å². The highest BCUT2D eigenvalue weighted by Gasteiger charge is 2.30. The minimum Gasteiger partial charge on any atom is -0.494 e. The molecule has 2 aromatic carbocycles. The van der Waals surface area contributed by atoms with Gasteiger partial charge in [-0.25, -0.2) is 4.68 Å². The van der Waals surface area contributed by atoms with Crippen LogP contribution in [0, 0.1) is 0 Å². The quantitative estimate of drug-likeness (QED) is 0.725. The number of hydrogen-bond donors (Lipinski definition) is 2. The molecule has 6 nitrogen and oxygen atoms in total. The number of hydrogen-bond acceptors (Lipinski definition) is 5. The van der Waals surface area contributed by atoms with Crippen molar-refractivity contribution in [2.24, 2.45) is 0 Å². The van der Waals surface area contributed by atoms with E-state index in [-0.39, 0.29) is 18.0 Å². The van der Waals surface area contributed by atoms with Gasteiger partial charge in [0.25, 0.3) is 0 Å². The summed E-state index contributed by atoms with van der Waals surface area (Å²) in [5, 5.41) is 8.50. The van der Waals surface area contributed by atoms with Crippen LogP contribution in [-0.2, 0) is 0 Å². The summed E-state index contributed by atoms with van der Waals surface area (Å²) in [5.74, 6) is 1.79. The van der Waals surface area contributed by atoms with E-state index in [1.807, 2.05) is 41.9 Å². The Morgan fingerprint density at radius 3 is 2.77 bits per heavy atom. The van der Waals surface area contributed by atoms with Gasteiger partial charge in [-0.05, 0) is 48.7 Å². The van der Waals surface area contributed by atoms with Gasteiger partial charge in [-0.3, -0.25) is 0 Å². The number of anilines is 2. The van der Waals surface area contributed by atoms with Gasteiger partial charge in [0, 0.05) is 5.02 Å². The third-order valence-corrected chi connectivity index (χ3v) is 4.77. The fourth-order valence-electron chi connectivity index (χ4n) is 3.37. The molecule has 2 atom stereocenters. The summed E-state index contributed by atoms with van der Waals surface area (Å²) >= 11 is 6.20. The first-order chi connectivity index (χ1) is 12.6. The number of nitrogens with zero attached hydrogens (tertiary/aromatic N) is 3. The van der Waals surface area contributed by atoms with E-state index >= 15 is 0 Å². The van der Waals surface area contributed by atoms with Crippen molar-refractivity contribution in [2.45, 2.75) is 25.4 Å². The lowest BCUT2D eigenvalue weighted by atomic mass is 9.93. The third kappa shape index (κ3) is 3.20. The van der Waals surface area contributed by atoms with Gasteiger partial charge in [-0.1, -0.05) is 35.9 Å². The number of rotatable bonds is 4. The highest BCUT2D eigenvalue weighted by molar-refractivity contribution is 6.30. The zero-order chi connectivity index (χ0) is 18.1. The summed E-state index contributed by atoms with van der Waals surface area (Å²) in [6.45, 7) is 2.63. The SMILES string of the molecule is CCOc1ccc([C@H]2C[C@H](c3cccc(Cl)c3)n3nc(N)nc3N2)cc1. The zero-order valence-corrected chi connectivity index (χ0v) is 15.1. The Balaban J connectivity index is 1.69. The fraction of sp³-hybridized carbons (Fsp3) is 0.263. The smallest absolute Gasteiger partial charge is 0.241 e. The summed E-state index contributed by atoms with van der Waals surface area (Å²) in [6, 6.07) is 16.1. The Morgan fingerprint density at radius 2 is 2.04 bits per heavy atom. The number of ether oxygens (including phenoxy) is 1. The van der Waals surface area contributed by atoms with E-state index in [4.69, 9.17) is 22.1 Å². The van der Waals surface area contributed by atoms with E-state index < -0.39 is 0 Å². The molecule has 1 aliphatic heterocycles. The number of nitrogens with one attached hydrogen (secondary N) is 1. The Bertz CT molecular complexity index is 909. The van der Waals surface area contributed by atoms with Crippen LogP contribution in [0.15, 0.2) is 48.5 Å². The second kappa shape index (κ2) is 6.88. The lowest BCUT2D eigenvalue weighted by molar-refractivity contribution is 0.340. The molecule has 0 radical (unpaired) electrons. The lowest BCUT2D eigenvalue weighted by Gasteiger charge is -2.31. The van der Waals surface area contributed by atoms with Crippen molar-refractivity contribution < 1.29 is 4.74 Å². The zero-order valence-electron chi connectivity index (χ0n) is 14.4. The van der Waals surface area contributed by atoms with Gasteiger partial charge in [0.1, 0.15) is 5.75 Å². The third-order valence-electron chi connectivity index (χ3n) is 4.53. The number of nitrogen functional groups attached to an aromatic ring is 1. The van der Waals surface area contributed by atoms with E-state index in [2.05, 4.69) is 33.6 Å². The minimum atomic E-state index is 0.00585. The molecule has 0 saturated carbocycles. The molecule has 4 rings (SSSR count). The van der Waals surface area contributed by atoms with E-state index in [0.29, 0.717) is 17.6 Å². The molecule has 1 aromatic heterocycles. The molecule has 0 bridgehead atoms. The van der Waals surface area contributed by atoms with Crippen LogP contribution in [0.2, 0.25) is 5.02 Å². The first-order valence-corrected chi connectivity index (χ1v) is 8.98. The first kappa shape index (κ1) is 16.7. The maximum atomic E-state index is 6.20. The minimum absolute atomic E-state index is 0.00585. The molecule has 26 heavy (non-hydrogen) atoms. The van der Waals surface area contributed by atoms with Crippen LogP contribution in [0.5, 0.6) is 5.75 Å². The van der Waals surface area contributed by atoms with Crippen LogP contribution in [0.25, 0.3) is 0 Å². The number of aromatic nitrogens is 3. The van der Waals surface area contributed by atoms with Crippen LogP contribution >= 0.6 is 11.6 Å². The van der Waals surface area contributed by atoms with Gasteiger partial charge in [0.05, 0.1) is 18.7 Å². The number of halogens is 1. The van der Waals surface area contributed by atoms with Gasteiger partial charge in [0.15, 0.2) is 0 Å². The maximum absolute atomic E-state index is 6.20. The van der Waals surface area contributed by atoms with E-state index in [1.165, 1.54) is 0 Å². The molecule has 0 saturated heterocycles. The van der Waals surface area contributed by atoms with Crippen molar-refractivity contribution in [1.29, 1.82) is 0 Å². The molecule has 2 heterocycles. The van der Waals surface area contributed by atoms with Crippen molar-refractivity contribution in [1.82, 2.24) is 14.8 Å². The second-order valence-electron chi connectivity index (χ2n) is 6.24. The number of nitrogens with two attached hydrogens (primary N) is 1.